The lowest BCUT2D eigenvalue weighted by Crippen LogP contribution is -2.41. The molecular weight excluding hydrogens is 256 g/mol. The van der Waals surface area contributed by atoms with E-state index in [2.05, 4.69) is 61.7 Å². The third kappa shape index (κ3) is 2.74. The first-order valence-electron chi connectivity index (χ1n) is 7.79. The molecule has 1 aliphatic carbocycles. The van der Waals surface area contributed by atoms with Gasteiger partial charge in [0.15, 0.2) is 0 Å². The molecule has 2 unspecified atom stereocenters. The van der Waals surface area contributed by atoms with Gasteiger partial charge in [0.25, 0.3) is 0 Å². The molecule has 0 radical (unpaired) electrons. The van der Waals surface area contributed by atoms with Crippen molar-refractivity contribution < 1.29 is 0 Å². The monoisotopic (exact) mass is 280 g/mol. The molecule has 0 aliphatic heterocycles. The number of aryl methyl sites for hydroxylation is 3. The summed E-state index contributed by atoms with van der Waals surface area (Å²) in [4.78, 5) is 0. The molecule has 21 heavy (non-hydrogen) atoms. The van der Waals surface area contributed by atoms with E-state index in [1.165, 1.54) is 40.7 Å². The lowest BCUT2D eigenvalue weighted by atomic mass is 9.87. The number of benzene rings is 2. The van der Waals surface area contributed by atoms with Crippen LogP contribution in [-0.4, -0.2) is 6.04 Å². The fraction of sp³-hybridized carbons (Fsp3) is 0.368. The van der Waals surface area contributed by atoms with Crippen LogP contribution >= 0.6 is 0 Å². The van der Waals surface area contributed by atoms with E-state index in [1.54, 1.807) is 0 Å². The van der Waals surface area contributed by atoms with E-state index in [-0.39, 0.29) is 0 Å². The molecule has 2 aromatic rings. The zero-order chi connectivity index (χ0) is 14.8. The van der Waals surface area contributed by atoms with Gasteiger partial charge in [-0.2, -0.15) is 0 Å². The van der Waals surface area contributed by atoms with Crippen LogP contribution < -0.4 is 11.3 Å². The third-order valence-corrected chi connectivity index (χ3v) is 4.95. The molecule has 0 amide bonds. The highest BCUT2D eigenvalue weighted by Crippen LogP contribution is 2.36. The quantitative estimate of drug-likeness (QED) is 0.665. The van der Waals surface area contributed by atoms with Gasteiger partial charge in [0.05, 0.1) is 0 Å². The molecule has 0 bridgehead atoms. The first-order valence-corrected chi connectivity index (χ1v) is 7.79. The number of rotatable bonds is 4. The first kappa shape index (κ1) is 14.3. The molecule has 2 heteroatoms. The average Bonchev–Trinajstić information content (AvgIpc) is 2.91. The zero-order valence-corrected chi connectivity index (χ0v) is 12.9. The van der Waals surface area contributed by atoms with Gasteiger partial charge < -0.3 is 0 Å². The Hall–Kier alpha value is -1.64. The van der Waals surface area contributed by atoms with Crippen LogP contribution in [0.3, 0.4) is 0 Å². The Kier molecular flexibility index (Phi) is 4.09. The SMILES string of the molecule is Cc1cccc(C)c1CC(NN)C1CCc2ccccc21. The second-order valence-corrected chi connectivity index (χ2v) is 6.19. The standard InChI is InChI=1S/C19H24N2/c1-13-6-5-7-14(2)18(13)12-19(21-20)17-11-10-15-8-3-4-9-16(15)17/h3-9,17,19,21H,10-12,20H2,1-2H3. The van der Waals surface area contributed by atoms with Crippen LogP contribution in [0.1, 0.15) is 40.2 Å². The van der Waals surface area contributed by atoms with Crippen molar-refractivity contribution in [3.8, 4) is 0 Å². The van der Waals surface area contributed by atoms with Crippen LogP contribution in [-0.2, 0) is 12.8 Å². The van der Waals surface area contributed by atoms with Gasteiger partial charge in [-0.3, -0.25) is 11.3 Å². The van der Waals surface area contributed by atoms with Crippen LogP contribution in [0.2, 0.25) is 0 Å². The van der Waals surface area contributed by atoms with Gasteiger partial charge in [0.2, 0.25) is 0 Å². The van der Waals surface area contributed by atoms with Gasteiger partial charge in [0, 0.05) is 12.0 Å². The summed E-state index contributed by atoms with van der Waals surface area (Å²) < 4.78 is 0. The lowest BCUT2D eigenvalue weighted by Gasteiger charge is -2.25. The molecule has 110 valence electrons. The summed E-state index contributed by atoms with van der Waals surface area (Å²) in [6, 6.07) is 15.6. The summed E-state index contributed by atoms with van der Waals surface area (Å²) in [7, 11) is 0. The number of hydrogen-bond donors (Lipinski definition) is 2. The molecule has 0 saturated carbocycles. The van der Waals surface area contributed by atoms with Crippen molar-refractivity contribution in [2.75, 3.05) is 0 Å². The maximum Gasteiger partial charge on any atom is 0.0319 e. The number of fused-ring (bicyclic) bond motifs is 1. The van der Waals surface area contributed by atoms with Crippen LogP contribution in [0, 0.1) is 13.8 Å². The lowest BCUT2D eigenvalue weighted by molar-refractivity contribution is 0.433. The van der Waals surface area contributed by atoms with E-state index in [0.717, 1.165) is 6.42 Å². The van der Waals surface area contributed by atoms with Gasteiger partial charge in [-0.25, -0.2) is 0 Å². The number of hydrogen-bond acceptors (Lipinski definition) is 2. The van der Waals surface area contributed by atoms with E-state index in [1.807, 2.05) is 0 Å². The Bertz CT molecular complexity index is 613. The predicted octanol–water partition coefficient (Wildman–Crippen LogP) is 3.41. The maximum absolute atomic E-state index is 5.91. The van der Waals surface area contributed by atoms with Crippen LogP contribution in [0.25, 0.3) is 0 Å². The summed E-state index contributed by atoms with van der Waals surface area (Å²) >= 11 is 0. The fourth-order valence-electron chi connectivity index (χ4n) is 3.72. The van der Waals surface area contributed by atoms with Gasteiger partial charge in [-0.1, -0.05) is 42.5 Å². The second kappa shape index (κ2) is 6.00. The van der Waals surface area contributed by atoms with Crippen molar-refractivity contribution >= 4 is 0 Å². The van der Waals surface area contributed by atoms with E-state index >= 15 is 0 Å². The van der Waals surface area contributed by atoms with Gasteiger partial charge in [-0.05, 0) is 60.9 Å². The summed E-state index contributed by atoms with van der Waals surface area (Å²) in [6.45, 7) is 4.39. The molecule has 0 saturated heterocycles. The number of nitrogens with two attached hydrogens (primary N) is 1. The van der Waals surface area contributed by atoms with Crippen molar-refractivity contribution in [1.29, 1.82) is 0 Å². The first-order chi connectivity index (χ1) is 10.2. The Balaban J connectivity index is 1.87. The van der Waals surface area contributed by atoms with Crippen molar-refractivity contribution in [3.63, 3.8) is 0 Å². The fourth-order valence-corrected chi connectivity index (χ4v) is 3.72. The van der Waals surface area contributed by atoms with Gasteiger partial charge in [0.1, 0.15) is 0 Å². The molecule has 0 fully saturated rings. The molecule has 2 nitrogen and oxygen atoms in total. The average molecular weight is 280 g/mol. The van der Waals surface area contributed by atoms with E-state index in [0.29, 0.717) is 12.0 Å². The number of nitrogens with one attached hydrogen (secondary N) is 1. The smallest absolute Gasteiger partial charge is 0.0319 e. The zero-order valence-electron chi connectivity index (χ0n) is 12.9. The van der Waals surface area contributed by atoms with Gasteiger partial charge >= 0.3 is 0 Å². The normalized spacial score (nSPS) is 18.5. The van der Waals surface area contributed by atoms with Crippen molar-refractivity contribution in [1.82, 2.24) is 5.43 Å². The van der Waals surface area contributed by atoms with Crippen molar-refractivity contribution in [2.24, 2.45) is 5.84 Å². The topological polar surface area (TPSA) is 38.0 Å². The molecule has 3 rings (SSSR count). The molecule has 0 spiro atoms. The highest BCUT2D eigenvalue weighted by atomic mass is 15.2. The Morgan fingerprint density at radius 1 is 1.10 bits per heavy atom. The van der Waals surface area contributed by atoms with Crippen molar-refractivity contribution in [3.05, 3.63) is 70.3 Å². The van der Waals surface area contributed by atoms with Crippen LogP contribution in [0.5, 0.6) is 0 Å². The maximum atomic E-state index is 5.91. The largest absolute Gasteiger partial charge is 0.271 e. The second-order valence-electron chi connectivity index (χ2n) is 6.19. The Labute approximate surface area is 127 Å². The molecule has 2 aromatic carbocycles. The minimum atomic E-state index is 0.299. The molecular formula is C19H24N2. The minimum Gasteiger partial charge on any atom is -0.271 e. The highest BCUT2D eigenvalue weighted by Gasteiger charge is 2.29. The van der Waals surface area contributed by atoms with Crippen molar-refractivity contribution in [2.45, 2.75) is 45.1 Å². The molecule has 0 heterocycles. The van der Waals surface area contributed by atoms with Crippen LogP contribution in [0.15, 0.2) is 42.5 Å². The summed E-state index contributed by atoms with van der Waals surface area (Å²) in [5.41, 5.74) is 10.2. The Morgan fingerprint density at radius 2 is 1.81 bits per heavy atom. The van der Waals surface area contributed by atoms with E-state index in [9.17, 15) is 0 Å². The highest BCUT2D eigenvalue weighted by molar-refractivity contribution is 5.38. The van der Waals surface area contributed by atoms with E-state index in [4.69, 9.17) is 5.84 Å². The van der Waals surface area contributed by atoms with E-state index < -0.39 is 0 Å². The Morgan fingerprint density at radius 3 is 2.52 bits per heavy atom. The predicted molar refractivity (Wildman–Crippen MR) is 88.2 cm³/mol. The van der Waals surface area contributed by atoms with Crippen LogP contribution in [0.4, 0.5) is 0 Å². The molecule has 1 aliphatic rings. The molecule has 3 N–H and O–H groups in total. The summed E-state index contributed by atoms with van der Waals surface area (Å²) in [5, 5.41) is 0. The molecule has 0 aromatic heterocycles. The summed E-state index contributed by atoms with van der Waals surface area (Å²) in [5.74, 6) is 6.43. The van der Waals surface area contributed by atoms with Gasteiger partial charge in [-0.15, -0.1) is 0 Å². The summed E-state index contributed by atoms with van der Waals surface area (Å²) in [6.07, 6.45) is 3.36. The number of hydrazine groups is 1. The molecule has 2 atom stereocenters. The third-order valence-electron chi connectivity index (χ3n) is 4.95. The minimum absolute atomic E-state index is 0.299.